The number of aliphatic imine (C=N–C) groups is 1. The highest BCUT2D eigenvalue weighted by molar-refractivity contribution is 5.68. The van der Waals surface area contributed by atoms with Crippen LogP contribution >= 0.6 is 0 Å². The fraction of sp³-hybridized carbons (Fsp3) is 0.250. The minimum absolute atomic E-state index is 0.929. The molecule has 2 aliphatic rings. The van der Waals surface area contributed by atoms with Gasteiger partial charge in [-0.1, -0.05) is 13.0 Å². The molecular weight excluding hydrogens is 186 g/mol. The largest absolute Gasteiger partial charge is 0.253 e. The first-order valence-electron chi connectivity index (χ1n) is 5.18. The van der Waals surface area contributed by atoms with Crippen LogP contribution in [0.25, 0.3) is 0 Å². The summed E-state index contributed by atoms with van der Waals surface area (Å²) >= 11 is 0. The topological polar surface area (TPSA) is 37.1 Å². The van der Waals surface area contributed by atoms with Gasteiger partial charge in [0.15, 0.2) is 0 Å². The SMILES string of the molecule is CCC1=CCc2c3c(ccc2=N1)=NC=N3. The maximum atomic E-state index is 4.59. The van der Waals surface area contributed by atoms with Crippen LogP contribution in [0.5, 0.6) is 0 Å². The van der Waals surface area contributed by atoms with Crippen molar-refractivity contribution < 1.29 is 0 Å². The number of benzene rings is 1. The number of rotatable bonds is 1. The van der Waals surface area contributed by atoms with E-state index >= 15 is 0 Å². The van der Waals surface area contributed by atoms with Gasteiger partial charge in [-0.25, -0.2) is 9.98 Å². The maximum absolute atomic E-state index is 4.59. The van der Waals surface area contributed by atoms with Crippen LogP contribution in [0.2, 0.25) is 0 Å². The van der Waals surface area contributed by atoms with Gasteiger partial charge in [0.2, 0.25) is 0 Å². The number of allylic oxidation sites excluding steroid dienone is 2. The maximum Gasteiger partial charge on any atom is 0.116 e. The average Bonchev–Trinajstić information content (AvgIpc) is 2.76. The molecule has 0 N–H and O–H groups in total. The molecule has 1 aromatic carbocycles. The lowest BCUT2D eigenvalue weighted by Gasteiger charge is -2.08. The molecule has 15 heavy (non-hydrogen) atoms. The highest BCUT2D eigenvalue weighted by Gasteiger charge is 2.11. The van der Waals surface area contributed by atoms with E-state index in [4.69, 9.17) is 0 Å². The van der Waals surface area contributed by atoms with Gasteiger partial charge in [0.25, 0.3) is 0 Å². The number of nitrogens with zero attached hydrogens (tertiary/aromatic N) is 3. The Morgan fingerprint density at radius 2 is 2.13 bits per heavy atom. The highest BCUT2D eigenvalue weighted by atomic mass is 14.9. The number of hydrogen-bond donors (Lipinski definition) is 0. The third-order valence-electron chi connectivity index (χ3n) is 2.79. The lowest BCUT2D eigenvalue weighted by molar-refractivity contribution is 0.967. The molecule has 0 saturated carbocycles. The zero-order valence-corrected chi connectivity index (χ0v) is 8.57. The van der Waals surface area contributed by atoms with Crippen LogP contribution in [-0.4, -0.2) is 6.34 Å². The van der Waals surface area contributed by atoms with E-state index in [1.165, 1.54) is 11.3 Å². The molecule has 0 saturated heterocycles. The molecule has 0 aliphatic carbocycles. The summed E-state index contributed by atoms with van der Waals surface area (Å²) < 4.78 is 0. The first-order chi connectivity index (χ1) is 7.38. The first kappa shape index (κ1) is 8.53. The van der Waals surface area contributed by atoms with Crippen LogP contribution in [-0.2, 0) is 6.42 Å². The minimum Gasteiger partial charge on any atom is -0.253 e. The molecule has 0 amide bonds. The van der Waals surface area contributed by atoms with Crippen molar-refractivity contribution in [3.63, 3.8) is 0 Å². The van der Waals surface area contributed by atoms with Gasteiger partial charge in [-0.05, 0) is 25.0 Å². The summed E-state index contributed by atoms with van der Waals surface area (Å²) in [6.45, 7) is 2.13. The molecule has 0 aromatic heterocycles. The van der Waals surface area contributed by atoms with Gasteiger partial charge in [-0.2, -0.15) is 0 Å². The molecule has 0 radical (unpaired) electrons. The third-order valence-corrected chi connectivity index (χ3v) is 2.79. The molecule has 0 bridgehead atoms. The smallest absolute Gasteiger partial charge is 0.116 e. The predicted molar refractivity (Wildman–Crippen MR) is 59.0 cm³/mol. The second-order valence-electron chi connectivity index (χ2n) is 3.67. The van der Waals surface area contributed by atoms with Crippen molar-refractivity contribution in [2.45, 2.75) is 19.8 Å². The summed E-state index contributed by atoms with van der Waals surface area (Å²) in [4.78, 5) is 13.1. The lowest BCUT2D eigenvalue weighted by Crippen LogP contribution is -2.17. The van der Waals surface area contributed by atoms with E-state index in [2.05, 4.69) is 28.0 Å². The molecule has 1 aromatic rings. The van der Waals surface area contributed by atoms with Crippen molar-refractivity contribution in [2.75, 3.05) is 0 Å². The van der Waals surface area contributed by atoms with Crippen molar-refractivity contribution in [3.05, 3.63) is 40.2 Å². The van der Waals surface area contributed by atoms with E-state index in [-0.39, 0.29) is 0 Å². The summed E-state index contributed by atoms with van der Waals surface area (Å²) in [5.41, 5.74) is 3.38. The van der Waals surface area contributed by atoms with Crippen molar-refractivity contribution in [1.82, 2.24) is 0 Å². The fourth-order valence-electron chi connectivity index (χ4n) is 1.96. The molecule has 3 rings (SSSR count). The molecule has 3 heteroatoms. The van der Waals surface area contributed by atoms with Gasteiger partial charge in [0.1, 0.15) is 6.34 Å². The summed E-state index contributed by atoms with van der Waals surface area (Å²) in [6, 6.07) is 4.03. The molecule has 3 nitrogen and oxygen atoms in total. The Morgan fingerprint density at radius 1 is 1.27 bits per heavy atom. The first-order valence-corrected chi connectivity index (χ1v) is 5.18. The van der Waals surface area contributed by atoms with Crippen LogP contribution in [0.1, 0.15) is 18.9 Å². The molecular formula is C12H11N3. The molecule has 2 aliphatic heterocycles. The van der Waals surface area contributed by atoms with Crippen LogP contribution in [0.3, 0.4) is 0 Å². The Labute approximate surface area is 87.6 Å². The van der Waals surface area contributed by atoms with Crippen molar-refractivity contribution in [1.29, 1.82) is 0 Å². The van der Waals surface area contributed by atoms with Gasteiger partial charge < -0.3 is 0 Å². The van der Waals surface area contributed by atoms with Gasteiger partial charge in [0.05, 0.1) is 16.4 Å². The van der Waals surface area contributed by atoms with E-state index in [1.807, 2.05) is 12.1 Å². The Kier molecular flexibility index (Phi) is 1.78. The van der Waals surface area contributed by atoms with Gasteiger partial charge in [-0.15, -0.1) is 0 Å². The van der Waals surface area contributed by atoms with E-state index in [1.54, 1.807) is 6.34 Å². The summed E-state index contributed by atoms with van der Waals surface area (Å²) in [5.74, 6) is 0. The molecule has 0 atom stereocenters. The van der Waals surface area contributed by atoms with Gasteiger partial charge in [0, 0.05) is 11.3 Å². The predicted octanol–water partition coefficient (Wildman–Crippen LogP) is 1.45. The fourth-order valence-corrected chi connectivity index (χ4v) is 1.96. The minimum atomic E-state index is 0.929. The monoisotopic (exact) mass is 197 g/mol. The second kappa shape index (κ2) is 3.12. The molecule has 2 heterocycles. The van der Waals surface area contributed by atoms with Crippen LogP contribution in [0.15, 0.2) is 38.9 Å². The zero-order valence-electron chi connectivity index (χ0n) is 8.57. The average molecular weight is 197 g/mol. The highest BCUT2D eigenvalue weighted by Crippen LogP contribution is 2.17. The van der Waals surface area contributed by atoms with Crippen LogP contribution in [0, 0.1) is 0 Å². The zero-order chi connectivity index (χ0) is 10.3. The normalized spacial score (nSPS) is 16.2. The van der Waals surface area contributed by atoms with Crippen LogP contribution < -0.4 is 10.7 Å². The number of fused-ring (bicyclic) bond motifs is 3. The summed E-state index contributed by atoms with van der Waals surface area (Å²) in [5, 5.41) is 2.03. The van der Waals surface area contributed by atoms with Crippen molar-refractivity contribution in [3.8, 4) is 0 Å². The molecule has 74 valence electrons. The van der Waals surface area contributed by atoms with Crippen molar-refractivity contribution >= 4 is 12.0 Å². The Hall–Kier alpha value is -1.77. The standard InChI is InChI=1S/C12H11N3/c1-2-8-3-4-9-10(15-8)5-6-11-12(9)14-7-13-11/h3,5-7H,2,4H2,1H3. The van der Waals surface area contributed by atoms with E-state index < -0.39 is 0 Å². The molecule has 0 spiro atoms. The van der Waals surface area contributed by atoms with Gasteiger partial charge >= 0.3 is 0 Å². The second-order valence-corrected chi connectivity index (χ2v) is 3.67. The number of hydrogen-bond acceptors (Lipinski definition) is 3. The quantitative estimate of drug-likeness (QED) is 0.653. The van der Waals surface area contributed by atoms with Crippen molar-refractivity contribution in [2.24, 2.45) is 15.0 Å². The van der Waals surface area contributed by atoms with E-state index in [0.29, 0.717) is 0 Å². The molecule has 0 unspecified atom stereocenters. The molecule has 0 fully saturated rings. The van der Waals surface area contributed by atoms with E-state index in [0.717, 1.165) is 29.2 Å². The van der Waals surface area contributed by atoms with Crippen LogP contribution in [0.4, 0.5) is 5.69 Å². The Balaban J connectivity index is 2.28. The summed E-state index contributed by atoms with van der Waals surface area (Å²) in [7, 11) is 0. The lowest BCUT2D eigenvalue weighted by atomic mass is 10.0. The summed E-state index contributed by atoms with van der Waals surface area (Å²) in [6.07, 6.45) is 5.71. The van der Waals surface area contributed by atoms with Gasteiger partial charge in [-0.3, -0.25) is 4.99 Å². The Bertz CT molecular complexity index is 594. The Morgan fingerprint density at radius 3 is 3.00 bits per heavy atom. The third kappa shape index (κ3) is 1.23. The van der Waals surface area contributed by atoms with E-state index in [9.17, 15) is 0 Å².